The monoisotopic (exact) mass is 293 g/mol. The molecule has 114 valence electrons. The van der Waals surface area contributed by atoms with Crippen LogP contribution >= 0.6 is 0 Å². The fraction of sp³-hybridized carbons (Fsp3) is 0.467. The van der Waals surface area contributed by atoms with Crippen molar-refractivity contribution in [3.05, 3.63) is 23.8 Å². The molecule has 0 aliphatic carbocycles. The summed E-state index contributed by atoms with van der Waals surface area (Å²) in [5.41, 5.74) is -0.938. The third kappa shape index (κ3) is 2.66. The van der Waals surface area contributed by atoms with E-state index in [1.165, 1.54) is 0 Å². The van der Waals surface area contributed by atoms with E-state index < -0.39 is 17.4 Å². The second-order valence-electron chi connectivity index (χ2n) is 5.31. The van der Waals surface area contributed by atoms with Crippen molar-refractivity contribution in [1.82, 2.24) is 5.32 Å². The summed E-state index contributed by atoms with van der Waals surface area (Å²) < 4.78 is 10.4. The molecule has 1 aromatic rings. The maximum Gasteiger partial charge on any atom is 0.329 e. The molecule has 1 aliphatic rings. The first-order chi connectivity index (χ1) is 9.90. The van der Waals surface area contributed by atoms with Crippen molar-refractivity contribution in [3.8, 4) is 11.5 Å². The van der Waals surface area contributed by atoms with Gasteiger partial charge in [-0.15, -0.1) is 0 Å². The van der Waals surface area contributed by atoms with Gasteiger partial charge in [0, 0.05) is 5.56 Å². The van der Waals surface area contributed by atoms with Gasteiger partial charge < -0.3 is 19.9 Å². The summed E-state index contributed by atoms with van der Waals surface area (Å²) in [6, 6.07) is 4.78. The first kappa shape index (κ1) is 15.2. The van der Waals surface area contributed by atoms with E-state index in [0.29, 0.717) is 23.5 Å². The summed E-state index contributed by atoms with van der Waals surface area (Å²) in [7, 11) is 0. The molecule has 1 heterocycles. The van der Waals surface area contributed by atoms with Crippen LogP contribution in [0.1, 0.15) is 37.6 Å². The molecule has 0 aromatic heterocycles. The van der Waals surface area contributed by atoms with Crippen LogP contribution in [0.2, 0.25) is 0 Å². The number of hydrogen-bond acceptors (Lipinski definition) is 4. The number of benzene rings is 1. The van der Waals surface area contributed by atoms with Crippen LogP contribution in [0.3, 0.4) is 0 Å². The smallest absolute Gasteiger partial charge is 0.329 e. The van der Waals surface area contributed by atoms with E-state index in [-0.39, 0.29) is 12.7 Å². The van der Waals surface area contributed by atoms with E-state index in [2.05, 4.69) is 5.32 Å². The van der Waals surface area contributed by atoms with Crippen molar-refractivity contribution < 1.29 is 24.2 Å². The number of hydrogen-bond donors (Lipinski definition) is 2. The molecule has 0 saturated carbocycles. The number of amides is 1. The van der Waals surface area contributed by atoms with Gasteiger partial charge >= 0.3 is 5.97 Å². The number of nitrogens with one attached hydrogen (secondary N) is 1. The minimum Gasteiger partial charge on any atom is -0.479 e. The van der Waals surface area contributed by atoms with Crippen LogP contribution in [0.25, 0.3) is 0 Å². The van der Waals surface area contributed by atoms with Gasteiger partial charge in [0.1, 0.15) is 5.54 Å². The molecule has 0 radical (unpaired) electrons. The lowest BCUT2D eigenvalue weighted by Crippen LogP contribution is -2.57. The minimum atomic E-state index is -1.28. The van der Waals surface area contributed by atoms with E-state index in [4.69, 9.17) is 9.47 Å². The SMILES string of the molecule is CCC(NC(=O)c1ccc2c(c1)OCO2)(C(=O)O)C(C)C. The largest absolute Gasteiger partial charge is 0.479 e. The third-order valence-corrected chi connectivity index (χ3v) is 3.90. The van der Waals surface area contributed by atoms with E-state index >= 15 is 0 Å². The Morgan fingerprint density at radius 3 is 2.57 bits per heavy atom. The van der Waals surface area contributed by atoms with Crippen molar-refractivity contribution in [2.75, 3.05) is 6.79 Å². The van der Waals surface area contributed by atoms with Crippen molar-refractivity contribution in [2.45, 2.75) is 32.7 Å². The normalized spacial score (nSPS) is 15.6. The van der Waals surface area contributed by atoms with E-state index in [1.807, 2.05) is 0 Å². The van der Waals surface area contributed by atoms with Gasteiger partial charge in [-0.3, -0.25) is 4.79 Å². The van der Waals surface area contributed by atoms with Gasteiger partial charge in [-0.2, -0.15) is 0 Å². The summed E-state index contributed by atoms with van der Waals surface area (Å²) in [5.74, 6) is -0.640. The van der Waals surface area contributed by atoms with Crippen LogP contribution in [0, 0.1) is 5.92 Å². The fourth-order valence-corrected chi connectivity index (χ4v) is 2.41. The highest BCUT2D eigenvalue weighted by atomic mass is 16.7. The Morgan fingerprint density at radius 2 is 2.00 bits per heavy atom. The summed E-state index contributed by atoms with van der Waals surface area (Å²) >= 11 is 0. The number of aliphatic carboxylic acids is 1. The second-order valence-corrected chi connectivity index (χ2v) is 5.31. The molecule has 2 N–H and O–H groups in total. The number of fused-ring (bicyclic) bond motifs is 1. The maximum absolute atomic E-state index is 12.4. The van der Waals surface area contributed by atoms with Gasteiger partial charge in [0.05, 0.1) is 0 Å². The predicted octanol–water partition coefficient (Wildman–Crippen LogP) is 2.03. The molecule has 1 atom stereocenters. The van der Waals surface area contributed by atoms with Crippen LogP contribution in [0.4, 0.5) is 0 Å². The molecule has 0 spiro atoms. The Hall–Kier alpha value is -2.24. The molecular weight excluding hydrogens is 274 g/mol. The van der Waals surface area contributed by atoms with Crippen LogP contribution in [-0.2, 0) is 4.79 Å². The number of carboxylic acid groups (broad SMARTS) is 1. The topological polar surface area (TPSA) is 84.9 Å². The Bertz CT molecular complexity index is 569. The van der Waals surface area contributed by atoms with E-state index in [9.17, 15) is 14.7 Å². The molecule has 1 unspecified atom stereocenters. The molecule has 1 aliphatic heterocycles. The zero-order chi connectivity index (χ0) is 15.6. The molecule has 1 aromatic carbocycles. The fourth-order valence-electron chi connectivity index (χ4n) is 2.41. The van der Waals surface area contributed by atoms with Crippen LogP contribution in [0.15, 0.2) is 18.2 Å². The maximum atomic E-state index is 12.4. The zero-order valence-corrected chi connectivity index (χ0v) is 12.3. The quantitative estimate of drug-likeness (QED) is 0.867. The van der Waals surface area contributed by atoms with Crippen molar-refractivity contribution >= 4 is 11.9 Å². The highest BCUT2D eigenvalue weighted by Crippen LogP contribution is 2.32. The Labute approximate surface area is 123 Å². The Morgan fingerprint density at radius 1 is 1.33 bits per heavy atom. The summed E-state index contributed by atoms with van der Waals surface area (Å²) in [4.78, 5) is 23.9. The average molecular weight is 293 g/mol. The lowest BCUT2D eigenvalue weighted by atomic mass is 9.83. The number of carboxylic acids is 1. The Kier molecular flexibility index (Phi) is 4.06. The van der Waals surface area contributed by atoms with Crippen molar-refractivity contribution in [1.29, 1.82) is 0 Å². The van der Waals surface area contributed by atoms with Crippen LogP contribution in [-0.4, -0.2) is 29.3 Å². The van der Waals surface area contributed by atoms with Gasteiger partial charge in [-0.1, -0.05) is 20.8 Å². The third-order valence-electron chi connectivity index (χ3n) is 3.90. The van der Waals surface area contributed by atoms with Crippen LogP contribution < -0.4 is 14.8 Å². The highest BCUT2D eigenvalue weighted by Gasteiger charge is 2.41. The number of rotatable bonds is 5. The molecule has 6 nitrogen and oxygen atoms in total. The van der Waals surface area contributed by atoms with Gasteiger partial charge in [-0.25, -0.2) is 4.79 Å². The first-order valence-corrected chi connectivity index (χ1v) is 6.86. The summed E-state index contributed by atoms with van der Waals surface area (Å²) in [5, 5.41) is 12.1. The molecule has 2 rings (SSSR count). The summed E-state index contributed by atoms with van der Waals surface area (Å²) in [6.07, 6.45) is 0.302. The molecular formula is C15H19NO5. The van der Waals surface area contributed by atoms with Crippen molar-refractivity contribution in [3.63, 3.8) is 0 Å². The van der Waals surface area contributed by atoms with Crippen molar-refractivity contribution in [2.24, 2.45) is 5.92 Å². The number of ether oxygens (including phenoxy) is 2. The zero-order valence-electron chi connectivity index (χ0n) is 12.3. The molecule has 0 fully saturated rings. The Balaban J connectivity index is 2.25. The molecule has 6 heteroatoms. The molecule has 0 bridgehead atoms. The first-order valence-electron chi connectivity index (χ1n) is 6.86. The van der Waals surface area contributed by atoms with Gasteiger partial charge in [-0.05, 0) is 30.5 Å². The standard InChI is InChI=1S/C15H19NO5/c1-4-15(9(2)3,14(18)19)16-13(17)10-5-6-11-12(7-10)21-8-20-11/h5-7,9H,4,8H2,1-3H3,(H,16,17)(H,18,19). The minimum absolute atomic E-state index is 0.125. The summed E-state index contributed by atoms with van der Waals surface area (Å²) in [6.45, 7) is 5.42. The molecule has 1 amide bonds. The van der Waals surface area contributed by atoms with Gasteiger partial charge in [0.15, 0.2) is 11.5 Å². The van der Waals surface area contributed by atoms with Gasteiger partial charge in [0.25, 0.3) is 5.91 Å². The highest BCUT2D eigenvalue weighted by molar-refractivity contribution is 5.98. The average Bonchev–Trinajstić information content (AvgIpc) is 2.90. The second kappa shape index (κ2) is 5.63. The molecule has 0 saturated heterocycles. The van der Waals surface area contributed by atoms with E-state index in [0.717, 1.165) is 0 Å². The van der Waals surface area contributed by atoms with E-state index in [1.54, 1.807) is 39.0 Å². The van der Waals surface area contributed by atoms with Crippen LogP contribution in [0.5, 0.6) is 11.5 Å². The number of carbonyl (C=O) groups excluding carboxylic acids is 1. The molecule has 21 heavy (non-hydrogen) atoms. The lowest BCUT2D eigenvalue weighted by Gasteiger charge is -2.33. The van der Waals surface area contributed by atoms with Gasteiger partial charge in [0.2, 0.25) is 6.79 Å². The predicted molar refractivity (Wildman–Crippen MR) is 75.5 cm³/mol. The lowest BCUT2D eigenvalue weighted by molar-refractivity contribution is -0.146. The number of carbonyl (C=O) groups is 2.